The number of β-amino-alcohol motifs (C(OH)–C–C–N with tert-alkyl or cyclic N) is 1. The van der Waals surface area contributed by atoms with Gasteiger partial charge in [-0.25, -0.2) is 0 Å². The van der Waals surface area contributed by atoms with Crippen LogP contribution in [-0.4, -0.2) is 47.8 Å². The van der Waals surface area contributed by atoms with E-state index in [1.165, 1.54) is 0 Å². The Morgan fingerprint density at radius 2 is 2.28 bits per heavy atom. The average Bonchev–Trinajstić information content (AvgIpc) is 2.72. The van der Waals surface area contributed by atoms with E-state index in [0.29, 0.717) is 26.0 Å². The van der Waals surface area contributed by atoms with Crippen molar-refractivity contribution in [1.82, 2.24) is 4.90 Å². The van der Waals surface area contributed by atoms with Gasteiger partial charge in [0, 0.05) is 19.0 Å². The molecular weight excluding hydrogens is 230 g/mol. The maximum atomic E-state index is 11.9. The monoisotopic (exact) mass is 253 g/mol. The first-order chi connectivity index (χ1) is 8.62. The number of carbonyl (C=O) groups excluding carboxylic acids is 1. The fourth-order valence-electron chi connectivity index (χ4n) is 2.30. The lowest BCUT2D eigenvalue weighted by Crippen LogP contribution is -2.41. The summed E-state index contributed by atoms with van der Waals surface area (Å²) in [6.07, 6.45) is 1.00. The van der Waals surface area contributed by atoms with Crippen molar-refractivity contribution in [2.45, 2.75) is 45.8 Å². The van der Waals surface area contributed by atoms with Crippen LogP contribution in [0.3, 0.4) is 0 Å². The second kappa shape index (κ2) is 7.40. The van der Waals surface area contributed by atoms with Crippen LogP contribution in [0.15, 0.2) is 0 Å². The highest BCUT2D eigenvalue weighted by atomic mass is 16.5. The molecule has 1 heterocycles. The van der Waals surface area contributed by atoms with Crippen molar-refractivity contribution in [2.24, 2.45) is 5.92 Å². The molecule has 0 aromatic rings. The second-order valence-corrected chi connectivity index (χ2v) is 4.61. The van der Waals surface area contributed by atoms with Gasteiger partial charge < -0.3 is 9.84 Å². The number of hydrogen-bond donors (Lipinski definition) is 1. The van der Waals surface area contributed by atoms with E-state index >= 15 is 0 Å². The van der Waals surface area contributed by atoms with Gasteiger partial charge in [0.2, 0.25) is 0 Å². The highest BCUT2D eigenvalue weighted by molar-refractivity contribution is 5.76. The molecule has 0 spiro atoms. The Balaban J connectivity index is 2.68. The number of ether oxygens (including phenoxy) is 1. The Kier molecular flexibility index (Phi) is 6.17. The van der Waals surface area contributed by atoms with Crippen LogP contribution in [-0.2, 0) is 9.53 Å². The molecule has 0 aromatic carbocycles. The zero-order chi connectivity index (χ0) is 13.5. The summed E-state index contributed by atoms with van der Waals surface area (Å²) in [6.45, 7) is 7.20. The van der Waals surface area contributed by atoms with Crippen molar-refractivity contribution in [2.75, 3.05) is 19.7 Å². The number of esters is 1. The quantitative estimate of drug-likeness (QED) is 0.587. The van der Waals surface area contributed by atoms with Gasteiger partial charge in [-0.2, -0.15) is 0 Å². The van der Waals surface area contributed by atoms with Crippen LogP contribution in [0, 0.1) is 17.8 Å². The van der Waals surface area contributed by atoms with Gasteiger partial charge >= 0.3 is 5.97 Å². The molecule has 0 saturated carbocycles. The van der Waals surface area contributed by atoms with E-state index in [0.717, 1.165) is 6.54 Å². The standard InChI is InChI=1S/C14H23NO3/c1-4-7-11-8-13(14(17)18-6-3)15(9-11)10-12(16)5-2/h11-13,16H,5-6,8-10H2,1-3H3/t11-,12?,13-/m1/s1. The third-order valence-electron chi connectivity index (χ3n) is 3.23. The van der Waals surface area contributed by atoms with Gasteiger partial charge in [0.1, 0.15) is 6.04 Å². The first-order valence-corrected chi connectivity index (χ1v) is 6.63. The molecule has 0 amide bonds. The minimum absolute atomic E-state index is 0.193. The van der Waals surface area contributed by atoms with E-state index in [1.807, 2.05) is 18.7 Å². The lowest BCUT2D eigenvalue weighted by atomic mass is 10.1. The van der Waals surface area contributed by atoms with E-state index in [-0.39, 0.29) is 17.9 Å². The minimum atomic E-state index is -0.393. The largest absolute Gasteiger partial charge is 0.465 e. The Morgan fingerprint density at radius 3 is 2.83 bits per heavy atom. The van der Waals surface area contributed by atoms with Gasteiger partial charge in [0.15, 0.2) is 0 Å². The van der Waals surface area contributed by atoms with Crippen molar-refractivity contribution in [3.05, 3.63) is 0 Å². The van der Waals surface area contributed by atoms with Gasteiger partial charge in [0.05, 0.1) is 12.7 Å². The van der Waals surface area contributed by atoms with Crippen molar-refractivity contribution in [1.29, 1.82) is 0 Å². The zero-order valence-electron chi connectivity index (χ0n) is 11.5. The van der Waals surface area contributed by atoms with Gasteiger partial charge in [0.25, 0.3) is 0 Å². The zero-order valence-corrected chi connectivity index (χ0v) is 11.5. The van der Waals surface area contributed by atoms with Crippen LogP contribution in [0.2, 0.25) is 0 Å². The first kappa shape index (κ1) is 15.0. The van der Waals surface area contributed by atoms with Gasteiger partial charge in [-0.15, -0.1) is 5.92 Å². The van der Waals surface area contributed by atoms with Crippen LogP contribution < -0.4 is 0 Å². The van der Waals surface area contributed by atoms with Crippen LogP contribution >= 0.6 is 0 Å². The summed E-state index contributed by atoms with van der Waals surface area (Å²) in [5, 5.41) is 9.73. The normalized spacial score (nSPS) is 25.3. The molecule has 1 unspecified atom stereocenters. The van der Waals surface area contributed by atoms with Crippen LogP contribution in [0.25, 0.3) is 0 Å². The van der Waals surface area contributed by atoms with Crippen LogP contribution in [0.1, 0.15) is 33.6 Å². The van der Waals surface area contributed by atoms with Crippen molar-refractivity contribution in [3.63, 3.8) is 0 Å². The molecule has 1 saturated heterocycles. The SMILES string of the molecule is CC#C[C@@H]1C[C@H](C(=O)OCC)N(CC(O)CC)C1. The van der Waals surface area contributed by atoms with Crippen molar-refractivity contribution in [3.8, 4) is 11.8 Å². The van der Waals surface area contributed by atoms with E-state index in [4.69, 9.17) is 4.74 Å². The number of hydrogen-bond acceptors (Lipinski definition) is 4. The fourth-order valence-corrected chi connectivity index (χ4v) is 2.30. The van der Waals surface area contributed by atoms with Crippen molar-refractivity contribution >= 4 is 5.97 Å². The summed E-state index contributed by atoms with van der Waals surface area (Å²) >= 11 is 0. The molecule has 18 heavy (non-hydrogen) atoms. The first-order valence-electron chi connectivity index (χ1n) is 6.63. The summed E-state index contributed by atoms with van der Waals surface area (Å²) in [5.74, 6) is 6.02. The smallest absolute Gasteiger partial charge is 0.323 e. The minimum Gasteiger partial charge on any atom is -0.465 e. The second-order valence-electron chi connectivity index (χ2n) is 4.61. The lowest BCUT2D eigenvalue weighted by Gasteiger charge is -2.24. The molecule has 1 N–H and O–H groups in total. The summed E-state index contributed by atoms with van der Waals surface area (Å²) in [7, 11) is 0. The highest BCUT2D eigenvalue weighted by Gasteiger charge is 2.37. The molecule has 1 fully saturated rings. The van der Waals surface area contributed by atoms with Crippen LogP contribution in [0.5, 0.6) is 0 Å². The summed E-state index contributed by atoms with van der Waals surface area (Å²) in [5.41, 5.74) is 0. The average molecular weight is 253 g/mol. The topological polar surface area (TPSA) is 49.8 Å². The molecule has 1 aliphatic rings. The van der Waals surface area contributed by atoms with Crippen LogP contribution in [0.4, 0.5) is 0 Å². The molecule has 1 aliphatic heterocycles. The van der Waals surface area contributed by atoms with E-state index < -0.39 is 6.10 Å². The predicted molar refractivity (Wildman–Crippen MR) is 69.8 cm³/mol. The summed E-state index contributed by atoms with van der Waals surface area (Å²) in [4.78, 5) is 13.9. The van der Waals surface area contributed by atoms with E-state index in [2.05, 4.69) is 11.8 Å². The Morgan fingerprint density at radius 1 is 1.56 bits per heavy atom. The third-order valence-corrected chi connectivity index (χ3v) is 3.23. The summed E-state index contributed by atoms with van der Waals surface area (Å²) < 4.78 is 5.09. The molecule has 4 nitrogen and oxygen atoms in total. The Labute approximate surface area is 109 Å². The maximum absolute atomic E-state index is 11.9. The van der Waals surface area contributed by atoms with E-state index in [9.17, 15) is 9.90 Å². The number of carbonyl (C=O) groups is 1. The molecule has 0 bridgehead atoms. The predicted octanol–water partition coefficient (Wildman–Crippen LogP) is 1.03. The number of likely N-dealkylation sites (tertiary alicyclic amines) is 1. The number of rotatable bonds is 5. The van der Waals surface area contributed by atoms with Crippen molar-refractivity contribution < 1.29 is 14.6 Å². The lowest BCUT2D eigenvalue weighted by molar-refractivity contribution is -0.148. The molecular formula is C14H23NO3. The Hall–Kier alpha value is -1.05. The fraction of sp³-hybridized carbons (Fsp3) is 0.786. The number of aliphatic hydroxyl groups excluding tert-OH is 1. The van der Waals surface area contributed by atoms with E-state index in [1.54, 1.807) is 6.92 Å². The molecule has 3 atom stereocenters. The molecule has 0 aliphatic carbocycles. The molecule has 0 radical (unpaired) electrons. The molecule has 0 aromatic heterocycles. The highest BCUT2D eigenvalue weighted by Crippen LogP contribution is 2.24. The number of nitrogens with zero attached hydrogens (tertiary/aromatic N) is 1. The molecule has 4 heteroatoms. The third kappa shape index (κ3) is 4.01. The maximum Gasteiger partial charge on any atom is 0.323 e. The summed E-state index contributed by atoms with van der Waals surface area (Å²) in [6, 6.07) is -0.253. The van der Waals surface area contributed by atoms with Gasteiger partial charge in [-0.1, -0.05) is 12.8 Å². The van der Waals surface area contributed by atoms with Gasteiger partial charge in [-0.3, -0.25) is 9.69 Å². The number of aliphatic hydroxyl groups is 1. The molecule has 1 rings (SSSR count). The Bertz CT molecular complexity index is 332. The van der Waals surface area contributed by atoms with Gasteiger partial charge in [-0.05, 0) is 26.7 Å². The molecule has 102 valence electrons.